The largest absolute Gasteiger partial charge is 0.480 e. The molecule has 0 saturated heterocycles. The van der Waals surface area contributed by atoms with E-state index in [0.717, 1.165) is 0 Å². The van der Waals surface area contributed by atoms with E-state index in [1.165, 1.54) is 0 Å². The zero-order valence-corrected chi connectivity index (χ0v) is 9.11. The summed E-state index contributed by atoms with van der Waals surface area (Å²) < 4.78 is 0. The molecule has 16 heavy (non-hydrogen) atoms. The lowest BCUT2D eigenvalue weighted by atomic mass is 10.1. The molecule has 0 aliphatic rings. The van der Waals surface area contributed by atoms with Crippen molar-refractivity contribution in [3.05, 3.63) is 0 Å². The molecular weight excluding hydrogens is 242 g/mol. The number of hydrogen-bond donors (Lipinski definition) is 5. The van der Waals surface area contributed by atoms with Crippen molar-refractivity contribution in [2.75, 3.05) is 5.88 Å². The number of aliphatic carboxylic acids is 1. The Morgan fingerprint density at radius 1 is 1.31 bits per heavy atom. The van der Waals surface area contributed by atoms with Gasteiger partial charge in [0.05, 0.1) is 0 Å². The molecule has 1 atom stereocenters. The number of halogens is 1. The molecule has 9 heteroatoms. The lowest BCUT2D eigenvalue weighted by molar-refractivity contribution is -0.141. The second kappa shape index (κ2) is 10.1. The van der Waals surface area contributed by atoms with E-state index in [1.807, 2.05) is 0 Å². The van der Waals surface area contributed by atoms with Crippen LogP contribution in [0.2, 0.25) is 0 Å². The van der Waals surface area contributed by atoms with Crippen molar-refractivity contribution in [2.45, 2.75) is 18.9 Å². The van der Waals surface area contributed by atoms with Gasteiger partial charge in [-0.15, -0.1) is 11.6 Å². The number of hydrogen-bond acceptors (Lipinski definition) is 5. The van der Waals surface area contributed by atoms with Crippen molar-refractivity contribution in [1.82, 2.24) is 5.32 Å². The molecule has 0 aromatic heterocycles. The molecule has 0 fully saturated rings. The van der Waals surface area contributed by atoms with Crippen molar-refractivity contribution < 1.29 is 24.7 Å². The van der Waals surface area contributed by atoms with Crippen LogP contribution in [-0.4, -0.2) is 40.0 Å². The van der Waals surface area contributed by atoms with Gasteiger partial charge in [0.25, 0.3) is 0 Å². The number of carbonyl (C=O) groups excluding carboxylic acids is 2. The van der Waals surface area contributed by atoms with E-state index in [-0.39, 0.29) is 18.7 Å². The van der Waals surface area contributed by atoms with Gasteiger partial charge in [-0.05, 0) is 6.42 Å². The van der Waals surface area contributed by atoms with Crippen molar-refractivity contribution in [3.8, 4) is 0 Å². The van der Waals surface area contributed by atoms with Crippen LogP contribution in [0.5, 0.6) is 0 Å². The number of nitrogens with two attached hydrogens (primary N) is 2. The van der Waals surface area contributed by atoms with Gasteiger partial charge in [-0.3, -0.25) is 9.59 Å². The maximum Gasteiger partial charge on any atom is 0.326 e. The summed E-state index contributed by atoms with van der Waals surface area (Å²) in [5.41, 5.74) is 4.83. The van der Waals surface area contributed by atoms with Gasteiger partial charge in [0.15, 0.2) is 0 Å². The van der Waals surface area contributed by atoms with Gasteiger partial charge in [-0.2, -0.15) is 0 Å². The van der Waals surface area contributed by atoms with E-state index in [2.05, 4.69) is 11.2 Å². The Morgan fingerprint density at radius 2 is 1.81 bits per heavy atom. The number of primary amides is 1. The maximum atomic E-state index is 10.7. The molecule has 0 rings (SSSR count). The van der Waals surface area contributed by atoms with Crippen molar-refractivity contribution in [1.29, 1.82) is 0 Å². The minimum atomic E-state index is -1.22. The van der Waals surface area contributed by atoms with Gasteiger partial charge in [-0.25, -0.2) is 10.7 Å². The monoisotopic (exact) mass is 255 g/mol. The molecule has 8 nitrogen and oxygen atoms in total. The summed E-state index contributed by atoms with van der Waals surface area (Å²) in [7, 11) is 0. The molecule has 0 bridgehead atoms. The van der Waals surface area contributed by atoms with Gasteiger partial charge < -0.3 is 21.4 Å². The Labute approximate surface area is 96.5 Å². The third kappa shape index (κ3) is 9.19. The fraction of sp³-hybridized carbons (Fsp3) is 0.571. The van der Waals surface area contributed by atoms with E-state index < -0.39 is 23.8 Å². The van der Waals surface area contributed by atoms with Crippen LogP contribution in [0, 0.1) is 0 Å². The van der Waals surface area contributed by atoms with E-state index in [1.54, 1.807) is 0 Å². The van der Waals surface area contributed by atoms with Crippen LogP contribution in [0.3, 0.4) is 0 Å². The number of amides is 2. The molecule has 0 aliphatic carbocycles. The lowest BCUT2D eigenvalue weighted by Gasteiger charge is -2.12. The highest BCUT2D eigenvalue weighted by Gasteiger charge is 2.19. The molecule has 94 valence electrons. The van der Waals surface area contributed by atoms with Gasteiger partial charge in [0.1, 0.15) is 11.9 Å². The highest BCUT2D eigenvalue weighted by Crippen LogP contribution is 1.97. The van der Waals surface area contributed by atoms with Crippen LogP contribution in [0.15, 0.2) is 0 Å². The third-order valence-corrected chi connectivity index (χ3v) is 1.68. The van der Waals surface area contributed by atoms with E-state index in [4.69, 9.17) is 27.6 Å². The second-order valence-electron chi connectivity index (χ2n) is 2.60. The average molecular weight is 256 g/mol. The normalized spacial score (nSPS) is 10.7. The summed E-state index contributed by atoms with van der Waals surface area (Å²) in [6, 6.07) is -1.12. The smallest absolute Gasteiger partial charge is 0.326 e. The van der Waals surface area contributed by atoms with Crippen molar-refractivity contribution >= 4 is 29.4 Å². The van der Waals surface area contributed by atoms with E-state index in [0.29, 0.717) is 0 Å². The summed E-state index contributed by atoms with van der Waals surface area (Å²) in [4.78, 5) is 31.7. The van der Waals surface area contributed by atoms with Crippen LogP contribution in [0.4, 0.5) is 0 Å². The highest BCUT2D eigenvalue weighted by molar-refractivity contribution is 6.27. The van der Waals surface area contributed by atoms with Gasteiger partial charge in [0, 0.05) is 6.42 Å². The quantitative estimate of drug-likeness (QED) is 0.284. The number of carboxylic acids is 1. The fourth-order valence-electron chi connectivity index (χ4n) is 0.777. The average Bonchev–Trinajstić information content (AvgIpc) is 2.25. The standard InChI is InChI=1S/C7H11ClN2O4.H3NO/c8-3-6(12)10-4(7(13)14)1-2-5(9)11;1-2/h4H,1-3H2,(H2,9,11)(H,10,12)(H,13,14);2H,1H2/t4-;/m0./s1. The molecule has 2 amide bonds. The zero-order chi connectivity index (χ0) is 13.1. The minimum absolute atomic E-state index is 0.0344. The molecular formula is C7H14ClN3O5. The third-order valence-electron chi connectivity index (χ3n) is 1.43. The Kier molecular flexibility index (Phi) is 10.8. The molecule has 0 aliphatic heterocycles. The van der Waals surface area contributed by atoms with Gasteiger partial charge in [0.2, 0.25) is 11.8 Å². The van der Waals surface area contributed by atoms with E-state index >= 15 is 0 Å². The number of carbonyl (C=O) groups is 3. The summed E-state index contributed by atoms with van der Waals surface area (Å²) in [5, 5.41) is 17.3. The van der Waals surface area contributed by atoms with Crippen molar-refractivity contribution in [2.24, 2.45) is 11.6 Å². The number of rotatable bonds is 6. The predicted molar refractivity (Wildman–Crippen MR) is 54.7 cm³/mol. The summed E-state index contributed by atoms with van der Waals surface area (Å²) >= 11 is 5.17. The number of alkyl halides is 1. The number of nitrogens with one attached hydrogen (secondary N) is 1. The Morgan fingerprint density at radius 3 is 2.12 bits per heavy atom. The minimum Gasteiger partial charge on any atom is -0.480 e. The maximum absolute atomic E-state index is 10.7. The van der Waals surface area contributed by atoms with Gasteiger partial charge >= 0.3 is 5.97 Å². The highest BCUT2D eigenvalue weighted by atomic mass is 35.5. The molecule has 0 spiro atoms. The van der Waals surface area contributed by atoms with Crippen LogP contribution in [-0.2, 0) is 14.4 Å². The SMILES string of the molecule is NC(=O)CC[C@H](NC(=O)CCl)C(=O)O.NO. The molecule has 0 aromatic carbocycles. The fourth-order valence-corrected chi connectivity index (χ4v) is 0.854. The van der Waals surface area contributed by atoms with Gasteiger partial charge in [-0.1, -0.05) is 0 Å². The molecule has 0 heterocycles. The van der Waals surface area contributed by atoms with Crippen molar-refractivity contribution in [3.63, 3.8) is 0 Å². The molecule has 0 unspecified atom stereocenters. The summed E-state index contributed by atoms with van der Waals surface area (Å²) in [5.74, 6) is 0.755. The Hall–Kier alpha value is -1.38. The lowest BCUT2D eigenvalue weighted by Crippen LogP contribution is -2.41. The second-order valence-corrected chi connectivity index (χ2v) is 2.86. The Bertz CT molecular complexity index is 248. The molecule has 0 saturated carbocycles. The first-order chi connectivity index (χ1) is 7.47. The zero-order valence-electron chi connectivity index (χ0n) is 8.35. The summed E-state index contributed by atoms with van der Waals surface area (Å²) in [6.45, 7) is 0. The van der Waals surface area contributed by atoms with Crippen LogP contribution < -0.4 is 16.9 Å². The first-order valence-corrected chi connectivity index (χ1v) is 4.63. The first-order valence-electron chi connectivity index (χ1n) is 4.09. The first kappa shape index (κ1) is 17.0. The van der Waals surface area contributed by atoms with Crippen LogP contribution in [0.1, 0.15) is 12.8 Å². The van der Waals surface area contributed by atoms with Crippen LogP contribution >= 0.6 is 11.6 Å². The van der Waals surface area contributed by atoms with E-state index in [9.17, 15) is 14.4 Å². The van der Waals surface area contributed by atoms with Crippen LogP contribution in [0.25, 0.3) is 0 Å². The summed E-state index contributed by atoms with van der Waals surface area (Å²) in [6.07, 6.45) is -0.132. The predicted octanol–water partition coefficient (Wildman–Crippen LogP) is -1.61. The molecule has 0 aromatic rings. The Balaban J connectivity index is 0. The molecule has 0 radical (unpaired) electrons. The number of carboxylic acid groups (broad SMARTS) is 1. The topological polar surface area (TPSA) is 156 Å². The molecule has 7 N–H and O–H groups in total.